The van der Waals surface area contributed by atoms with E-state index in [1.165, 1.54) is 11.3 Å². The molecule has 0 atom stereocenters. The monoisotopic (exact) mass is 198 g/mol. The molecule has 1 rings (SSSR count). The third-order valence-corrected chi connectivity index (χ3v) is 2.57. The van der Waals surface area contributed by atoms with Gasteiger partial charge in [-0.25, -0.2) is 4.79 Å². The van der Waals surface area contributed by atoms with Crippen molar-refractivity contribution in [3.8, 4) is 0 Å². The van der Waals surface area contributed by atoms with E-state index in [0.717, 1.165) is 12.0 Å². The number of aromatic carboxylic acids is 1. The molecular weight excluding hydrogens is 184 g/mol. The molecule has 0 aliphatic rings. The normalized spacial score (nSPS) is 11.6. The van der Waals surface area contributed by atoms with Gasteiger partial charge in [0.1, 0.15) is 4.88 Å². The van der Waals surface area contributed by atoms with E-state index in [1.54, 1.807) is 6.07 Å². The maximum absolute atomic E-state index is 10.6. The number of hydrogen-bond acceptors (Lipinski definition) is 2. The SMILES string of the molecule is CC(C)(C)Cc1csc(C(=O)O)c1. The second-order valence-corrected chi connectivity index (χ2v) is 5.27. The molecule has 13 heavy (non-hydrogen) atoms. The fraction of sp³-hybridized carbons (Fsp3) is 0.500. The molecule has 72 valence electrons. The van der Waals surface area contributed by atoms with Crippen LogP contribution in [0.1, 0.15) is 36.0 Å². The van der Waals surface area contributed by atoms with E-state index in [-0.39, 0.29) is 5.41 Å². The quantitative estimate of drug-likeness (QED) is 0.793. The van der Waals surface area contributed by atoms with Crippen LogP contribution < -0.4 is 0 Å². The number of thiophene rings is 1. The van der Waals surface area contributed by atoms with Gasteiger partial charge in [0.25, 0.3) is 0 Å². The molecule has 1 N–H and O–H groups in total. The summed E-state index contributed by atoms with van der Waals surface area (Å²) in [5.74, 6) is -0.829. The van der Waals surface area contributed by atoms with Crippen LogP contribution >= 0.6 is 11.3 Å². The maximum atomic E-state index is 10.6. The molecular formula is C10H14O2S. The largest absolute Gasteiger partial charge is 0.477 e. The van der Waals surface area contributed by atoms with E-state index in [1.807, 2.05) is 5.38 Å². The first kappa shape index (κ1) is 10.3. The smallest absolute Gasteiger partial charge is 0.345 e. The zero-order chi connectivity index (χ0) is 10.1. The topological polar surface area (TPSA) is 37.3 Å². The van der Waals surface area contributed by atoms with Gasteiger partial charge in [0.15, 0.2) is 0 Å². The highest BCUT2D eigenvalue weighted by molar-refractivity contribution is 7.12. The maximum Gasteiger partial charge on any atom is 0.345 e. The Bertz CT molecular complexity index is 307. The third-order valence-electron chi connectivity index (χ3n) is 1.60. The van der Waals surface area contributed by atoms with Crippen molar-refractivity contribution in [3.63, 3.8) is 0 Å². The summed E-state index contributed by atoms with van der Waals surface area (Å²) >= 11 is 1.30. The van der Waals surface area contributed by atoms with Gasteiger partial charge in [-0.2, -0.15) is 0 Å². The molecule has 3 heteroatoms. The Morgan fingerprint density at radius 3 is 2.54 bits per heavy atom. The van der Waals surface area contributed by atoms with Gasteiger partial charge in [-0.1, -0.05) is 20.8 Å². The highest BCUT2D eigenvalue weighted by atomic mass is 32.1. The van der Waals surface area contributed by atoms with Crippen molar-refractivity contribution < 1.29 is 9.90 Å². The molecule has 1 aromatic heterocycles. The Balaban J connectivity index is 2.75. The van der Waals surface area contributed by atoms with Crippen LogP contribution in [0.2, 0.25) is 0 Å². The zero-order valence-corrected chi connectivity index (χ0v) is 8.94. The number of carboxylic acid groups (broad SMARTS) is 1. The standard InChI is InChI=1S/C10H14O2S/c1-10(2,3)5-7-4-8(9(11)12)13-6-7/h4,6H,5H2,1-3H3,(H,11,12). The van der Waals surface area contributed by atoms with Crippen LogP contribution in [0.3, 0.4) is 0 Å². The highest BCUT2D eigenvalue weighted by Gasteiger charge is 2.14. The molecule has 0 aromatic carbocycles. The lowest BCUT2D eigenvalue weighted by Gasteiger charge is -2.16. The summed E-state index contributed by atoms with van der Waals surface area (Å²) in [5, 5.41) is 10.6. The zero-order valence-electron chi connectivity index (χ0n) is 8.13. The van der Waals surface area contributed by atoms with Crippen LogP contribution in [0.25, 0.3) is 0 Å². The Hall–Kier alpha value is -0.830. The molecule has 0 aliphatic carbocycles. The first-order valence-electron chi connectivity index (χ1n) is 4.19. The van der Waals surface area contributed by atoms with E-state index < -0.39 is 5.97 Å². The molecule has 1 aromatic rings. The summed E-state index contributed by atoms with van der Waals surface area (Å²) in [7, 11) is 0. The van der Waals surface area contributed by atoms with Crippen LogP contribution in [-0.2, 0) is 6.42 Å². The Labute approximate surface area is 82.2 Å². The molecule has 0 saturated heterocycles. The first-order chi connectivity index (χ1) is 5.88. The Morgan fingerprint density at radius 2 is 2.15 bits per heavy atom. The Morgan fingerprint density at radius 1 is 1.54 bits per heavy atom. The van der Waals surface area contributed by atoms with Gasteiger partial charge in [0.05, 0.1) is 0 Å². The van der Waals surface area contributed by atoms with Crippen LogP contribution in [-0.4, -0.2) is 11.1 Å². The molecule has 0 bridgehead atoms. The average molecular weight is 198 g/mol. The minimum absolute atomic E-state index is 0.219. The van der Waals surface area contributed by atoms with Gasteiger partial charge in [-0.15, -0.1) is 11.3 Å². The van der Waals surface area contributed by atoms with Gasteiger partial charge in [-0.3, -0.25) is 0 Å². The lowest BCUT2D eigenvalue weighted by Crippen LogP contribution is -2.08. The summed E-state index contributed by atoms with van der Waals surface area (Å²) < 4.78 is 0. The van der Waals surface area contributed by atoms with Gasteiger partial charge < -0.3 is 5.11 Å². The second kappa shape index (κ2) is 3.50. The molecule has 0 spiro atoms. The Kier molecular flexibility index (Phi) is 2.76. The summed E-state index contributed by atoms with van der Waals surface area (Å²) in [5.41, 5.74) is 1.34. The molecule has 2 nitrogen and oxygen atoms in total. The molecule has 1 heterocycles. The number of hydrogen-bond donors (Lipinski definition) is 1. The van der Waals surface area contributed by atoms with Crippen LogP contribution in [0.4, 0.5) is 0 Å². The number of carbonyl (C=O) groups is 1. The van der Waals surface area contributed by atoms with Crippen molar-refractivity contribution in [2.45, 2.75) is 27.2 Å². The van der Waals surface area contributed by atoms with Crippen molar-refractivity contribution in [3.05, 3.63) is 21.9 Å². The predicted molar refractivity (Wildman–Crippen MR) is 54.4 cm³/mol. The second-order valence-electron chi connectivity index (χ2n) is 4.36. The van der Waals surface area contributed by atoms with Gasteiger partial charge in [-0.05, 0) is 28.8 Å². The summed E-state index contributed by atoms with van der Waals surface area (Å²) in [6.07, 6.45) is 0.927. The van der Waals surface area contributed by atoms with Gasteiger partial charge in [0, 0.05) is 0 Å². The molecule has 0 amide bonds. The van der Waals surface area contributed by atoms with Crippen molar-refractivity contribution >= 4 is 17.3 Å². The average Bonchev–Trinajstić information content (AvgIpc) is 2.31. The highest BCUT2D eigenvalue weighted by Crippen LogP contribution is 2.24. The van der Waals surface area contributed by atoms with Crippen molar-refractivity contribution in [1.82, 2.24) is 0 Å². The third kappa shape index (κ3) is 3.19. The minimum Gasteiger partial charge on any atom is -0.477 e. The number of carboxylic acids is 1. The van der Waals surface area contributed by atoms with Gasteiger partial charge >= 0.3 is 5.97 Å². The molecule has 0 fully saturated rings. The van der Waals surface area contributed by atoms with E-state index >= 15 is 0 Å². The van der Waals surface area contributed by atoms with Gasteiger partial charge in [0.2, 0.25) is 0 Å². The lowest BCUT2D eigenvalue weighted by atomic mass is 9.89. The summed E-state index contributed by atoms with van der Waals surface area (Å²) in [6, 6.07) is 1.76. The van der Waals surface area contributed by atoms with E-state index in [4.69, 9.17) is 5.11 Å². The lowest BCUT2D eigenvalue weighted by molar-refractivity contribution is 0.0702. The molecule has 0 unspecified atom stereocenters. The molecule has 0 radical (unpaired) electrons. The van der Waals surface area contributed by atoms with E-state index in [0.29, 0.717) is 4.88 Å². The van der Waals surface area contributed by atoms with E-state index in [2.05, 4.69) is 20.8 Å². The van der Waals surface area contributed by atoms with Crippen molar-refractivity contribution in [2.24, 2.45) is 5.41 Å². The van der Waals surface area contributed by atoms with Crippen molar-refractivity contribution in [2.75, 3.05) is 0 Å². The fourth-order valence-electron chi connectivity index (χ4n) is 1.19. The fourth-order valence-corrected chi connectivity index (χ4v) is 1.94. The van der Waals surface area contributed by atoms with Crippen molar-refractivity contribution in [1.29, 1.82) is 0 Å². The summed E-state index contributed by atoms with van der Waals surface area (Å²) in [6.45, 7) is 6.43. The molecule has 0 saturated carbocycles. The van der Waals surface area contributed by atoms with Crippen LogP contribution in [0, 0.1) is 5.41 Å². The summed E-state index contributed by atoms with van der Waals surface area (Å²) in [4.78, 5) is 11.0. The number of rotatable bonds is 2. The minimum atomic E-state index is -0.829. The van der Waals surface area contributed by atoms with E-state index in [9.17, 15) is 4.79 Å². The predicted octanol–water partition coefficient (Wildman–Crippen LogP) is 3.03. The van der Waals surface area contributed by atoms with Crippen LogP contribution in [0.5, 0.6) is 0 Å². The molecule has 0 aliphatic heterocycles. The van der Waals surface area contributed by atoms with Crippen LogP contribution in [0.15, 0.2) is 11.4 Å². The first-order valence-corrected chi connectivity index (χ1v) is 5.07.